The molecule has 0 aliphatic rings. The number of nitrogens with one attached hydrogen (secondary N) is 1. The van der Waals surface area contributed by atoms with E-state index in [2.05, 4.69) is 36.8 Å². The highest BCUT2D eigenvalue weighted by molar-refractivity contribution is 7.99. The average Bonchev–Trinajstić information content (AvgIpc) is 2.65. The molecule has 3 rings (SSSR count). The second-order valence-corrected chi connectivity index (χ2v) is 8.97. The van der Waals surface area contributed by atoms with Crippen LogP contribution in [0, 0.1) is 13.8 Å². The van der Waals surface area contributed by atoms with E-state index < -0.39 is 10.0 Å². The Morgan fingerprint density at radius 2 is 1.56 bits per heavy atom. The van der Waals surface area contributed by atoms with E-state index in [4.69, 9.17) is 4.74 Å². The zero-order valence-electron chi connectivity index (χ0n) is 15.4. The van der Waals surface area contributed by atoms with Gasteiger partial charge >= 0.3 is 0 Å². The first-order valence-electron chi connectivity index (χ1n) is 8.39. The molecule has 0 aliphatic heterocycles. The van der Waals surface area contributed by atoms with Gasteiger partial charge in [-0.2, -0.15) is 0 Å². The molecule has 0 bridgehead atoms. The van der Waals surface area contributed by atoms with Crippen LogP contribution in [0.2, 0.25) is 0 Å². The lowest BCUT2D eigenvalue weighted by Gasteiger charge is -2.10. The van der Waals surface area contributed by atoms with Crippen molar-refractivity contribution in [2.75, 3.05) is 11.8 Å². The van der Waals surface area contributed by atoms with E-state index in [1.807, 2.05) is 12.1 Å². The Bertz CT molecular complexity index is 1030. The Morgan fingerprint density at radius 1 is 0.889 bits per heavy atom. The SMILES string of the molecule is COc1ccc(S(=O)(=O)Nc2ccc(Sc3ccc(C)cc3C)cc2)cc1. The van der Waals surface area contributed by atoms with Crippen molar-refractivity contribution in [1.29, 1.82) is 0 Å². The molecule has 140 valence electrons. The lowest BCUT2D eigenvalue weighted by molar-refractivity contribution is 0.414. The first-order valence-corrected chi connectivity index (χ1v) is 10.7. The van der Waals surface area contributed by atoms with E-state index in [-0.39, 0.29) is 4.90 Å². The molecule has 0 saturated heterocycles. The van der Waals surface area contributed by atoms with Gasteiger partial charge in [0.1, 0.15) is 5.75 Å². The molecule has 0 fully saturated rings. The number of ether oxygens (including phenoxy) is 1. The van der Waals surface area contributed by atoms with Gasteiger partial charge in [-0.05, 0) is 74.0 Å². The molecule has 0 heterocycles. The second kappa shape index (κ2) is 8.06. The number of hydrogen-bond donors (Lipinski definition) is 1. The van der Waals surface area contributed by atoms with Crippen LogP contribution in [0.4, 0.5) is 5.69 Å². The van der Waals surface area contributed by atoms with Crippen molar-refractivity contribution in [3.05, 3.63) is 77.9 Å². The molecule has 0 aromatic heterocycles. The Hall–Kier alpha value is -2.44. The smallest absolute Gasteiger partial charge is 0.261 e. The van der Waals surface area contributed by atoms with Crippen molar-refractivity contribution in [3.8, 4) is 5.75 Å². The van der Waals surface area contributed by atoms with E-state index in [1.165, 1.54) is 28.2 Å². The maximum absolute atomic E-state index is 12.5. The van der Waals surface area contributed by atoms with Crippen molar-refractivity contribution in [3.63, 3.8) is 0 Å². The van der Waals surface area contributed by atoms with Crippen LogP contribution in [0.5, 0.6) is 5.75 Å². The monoisotopic (exact) mass is 399 g/mol. The second-order valence-electron chi connectivity index (χ2n) is 6.18. The molecule has 4 nitrogen and oxygen atoms in total. The predicted molar refractivity (Wildman–Crippen MR) is 110 cm³/mol. The van der Waals surface area contributed by atoms with Crippen molar-refractivity contribution in [1.82, 2.24) is 0 Å². The fourth-order valence-corrected chi connectivity index (χ4v) is 4.54. The summed E-state index contributed by atoms with van der Waals surface area (Å²) in [6.07, 6.45) is 0. The lowest BCUT2D eigenvalue weighted by atomic mass is 10.2. The fourth-order valence-electron chi connectivity index (χ4n) is 2.60. The summed E-state index contributed by atoms with van der Waals surface area (Å²) >= 11 is 1.66. The zero-order valence-corrected chi connectivity index (χ0v) is 17.0. The molecule has 3 aromatic carbocycles. The first kappa shape index (κ1) is 19.3. The van der Waals surface area contributed by atoms with Crippen molar-refractivity contribution in [2.45, 2.75) is 28.5 Å². The summed E-state index contributed by atoms with van der Waals surface area (Å²) in [5, 5.41) is 0. The van der Waals surface area contributed by atoms with E-state index in [0.717, 1.165) is 4.90 Å². The van der Waals surface area contributed by atoms with E-state index in [0.29, 0.717) is 11.4 Å². The first-order chi connectivity index (χ1) is 12.9. The van der Waals surface area contributed by atoms with Crippen molar-refractivity contribution in [2.24, 2.45) is 0 Å². The molecule has 0 amide bonds. The summed E-state index contributed by atoms with van der Waals surface area (Å²) in [5.74, 6) is 0.613. The van der Waals surface area contributed by atoms with Crippen LogP contribution in [0.15, 0.2) is 81.4 Å². The standard InChI is InChI=1S/C21H21NO3S2/c1-15-4-13-21(16(2)14-15)26-19-9-5-17(6-10-19)22-27(23,24)20-11-7-18(25-3)8-12-20/h4-14,22H,1-3H3. The van der Waals surface area contributed by atoms with Crippen LogP contribution < -0.4 is 9.46 Å². The Labute approximate surface area is 164 Å². The normalized spacial score (nSPS) is 11.2. The quantitative estimate of drug-likeness (QED) is 0.614. The summed E-state index contributed by atoms with van der Waals surface area (Å²) in [4.78, 5) is 2.43. The highest BCUT2D eigenvalue weighted by atomic mass is 32.2. The fraction of sp³-hybridized carbons (Fsp3) is 0.143. The highest BCUT2D eigenvalue weighted by Gasteiger charge is 2.14. The van der Waals surface area contributed by atoms with Gasteiger partial charge in [-0.3, -0.25) is 4.72 Å². The minimum Gasteiger partial charge on any atom is -0.497 e. The van der Waals surface area contributed by atoms with Gasteiger partial charge in [0.25, 0.3) is 10.0 Å². The Kier molecular flexibility index (Phi) is 5.77. The minimum absolute atomic E-state index is 0.192. The Balaban J connectivity index is 1.72. The maximum Gasteiger partial charge on any atom is 0.261 e. The summed E-state index contributed by atoms with van der Waals surface area (Å²) < 4.78 is 32.7. The third-order valence-corrected chi connectivity index (χ3v) is 6.62. The zero-order chi connectivity index (χ0) is 19.4. The van der Waals surface area contributed by atoms with Gasteiger partial charge in [-0.15, -0.1) is 0 Å². The summed E-state index contributed by atoms with van der Waals surface area (Å²) in [7, 11) is -2.09. The van der Waals surface area contributed by atoms with Gasteiger partial charge < -0.3 is 4.74 Å². The summed E-state index contributed by atoms with van der Waals surface area (Å²) in [6.45, 7) is 4.16. The van der Waals surface area contributed by atoms with E-state index >= 15 is 0 Å². The number of aryl methyl sites for hydroxylation is 2. The average molecular weight is 400 g/mol. The molecule has 1 N–H and O–H groups in total. The van der Waals surface area contributed by atoms with Crippen LogP contribution in [0.3, 0.4) is 0 Å². The molecule has 0 saturated carbocycles. The van der Waals surface area contributed by atoms with Crippen LogP contribution in [-0.4, -0.2) is 15.5 Å². The molecule has 3 aromatic rings. The van der Waals surface area contributed by atoms with Crippen LogP contribution in [0.1, 0.15) is 11.1 Å². The number of benzene rings is 3. The molecule has 0 unspecified atom stereocenters. The highest BCUT2D eigenvalue weighted by Crippen LogP contribution is 2.31. The van der Waals surface area contributed by atoms with Crippen LogP contribution >= 0.6 is 11.8 Å². The molecule has 0 radical (unpaired) electrons. The largest absolute Gasteiger partial charge is 0.497 e. The van der Waals surface area contributed by atoms with Crippen molar-refractivity contribution >= 4 is 27.5 Å². The summed E-state index contributed by atoms with van der Waals surface area (Å²) in [5.41, 5.74) is 2.99. The number of hydrogen-bond acceptors (Lipinski definition) is 4. The lowest BCUT2D eigenvalue weighted by Crippen LogP contribution is -2.12. The molecule has 27 heavy (non-hydrogen) atoms. The molecule has 0 aliphatic carbocycles. The van der Waals surface area contributed by atoms with Crippen LogP contribution in [0.25, 0.3) is 0 Å². The third-order valence-electron chi connectivity index (χ3n) is 4.03. The van der Waals surface area contributed by atoms with Crippen LogP contribution in [-0.2, 0) is 10.0 Å². The number of anilines is 1. The molecule has 0 spiro atoms. The number of methoxy groups -OCH3 is 1. The topological polar surface area (TPSA) is 55.4 Å². The number of sulfonamides is 1. The van der Waals surface area contributed by atoms with Crippen molar-refractivity contribution < 1.29 is 13.2 Å². The maximum atomic E-state index is 12.5. The minimum atomic E-state index is -3.63. The number of rotatable bonds is 6. The van der Waals surface area contributed by atoms with Gasteiger partial charge in [0.2, 0.25) is 0 Å². The van der Waals surface area contributed by atoms with Gasteiger partial charge in [0.05, 0.1) is 12.0 Å². The molecular weight excluding hydrogens is 378 g/mol. The molecular formula is C21H21NO3S2. The van der Waals surface area contributed by atoms with Gasteiger partial charge in [-0.25, -0.2) is 8.42 Å². The van der Waals surface area contributed by atoms with Gasteiger partial charge in [-0.1, -0.05) is 29.5 Å². The summed E-state index contributed by atoms with van der Waals surface area (Å²) in [6, 6.07) is 20.0. The third kappa shape index (κ3) is 4.84. The van der Waals surface area contributed by atoms with Gasteiger partial charge in [0.15, 0.2) is 0 Å². The molecule has 0 atom stereocenters. The predicted octanol–water partition coefficient (Wildman–Crippen LogP) is 5.26. The van der Waals surface area contributed by atoms with E-state index in [9.17, 15) is 8.42 Å². The Morgan fingerprint density at radius 3 is 2.15 bits per heavy atom. The van der Waals surface area contributed by atoms with Gasteiger partial charge in [0, 0.05) is 15.5 Å². The van der Waals surface area contributed by atoms with E-state index in [1.54, 1.807) is 43.1 Å². The molecule has 6 heteroatoms.